The zero-order valence-electron chi connectivity index (χ0n) is 11.2. The highest BCUT2D eigenvalue weighted by Gasteiger charge is 2.21. The second-order valence-corrected chi connectivity index (χ2v) is 5.45. The molecular weight excluding hydrogens is 198 g/mol. The Morgan fingerprint density at radius 3 is 2.62 bits per heavy atom. The Kier molecular flexibility index (Phi) is 4.54. The molecule has 0 bridgehead atoms. The van der Waals surface area contributed by atoms with Gasteiger partial charge in [-0.15, -0.1) is 0 Å². The maximum absolute atomic E-state index is 4.26. The minimum Gasteiger partial charge on any atom is -0.312 e. The van der Waals surface area contributed by atoms with Gasteiger partial charge in [0.25, 0.3) is 0 Å². The highest BCUT2D eigenvalue weighted by atomic mass is 15.3. The fraction of sp³-hybridized carbons (Fsp3) is 0.769. The third-order valence-electron chi connectivity index (χ3n) is 3.48. The minimum absolute atomic E-state index is 0.348. The molecule has 0 aliphatic heterocycles. The van der Waals surface area contributed by atoms with Crippen LogP contribution >= 0.6 is 0 Å². The molecule has 0 aliphatic rings. The Hall–Kier alpha value is -0.830. The Morgan fingerprint density at radius 2 is 2.12 bits per heavy atom. The van der Waals surface area contributed by atoms with Gasteiger partial charge in [0.05, 0.1) is 6.20 Å². The van der Waals surface area contributed by atoms with E-state index in [9.17, 15) is 0 Å². The summed E-state index contributed by atoms with van der Waals surface area (Å²) < 4.78 is 1.96. The molecule has 0 aliphatic carbocycles. The van der Waals surface area contributed by atoms with Gasteiger partial charge < -0.3 is 5.32 Å². The molecule has 1 N–H and O–H groups in total. The summed E-state index contributed by atoms with van der Waals surface area (Å²) in [5, 5.41) is 7.77. The zero-order valence-corrected chi connectivity index (χ0v) is 11.2. The van der Waals surface area contributed by atoms with Crippen molar-refractivity contribution in [1.29, 1.82) is 0 Å². The van der Waals surface area contributed by atoms with E-state index >= 15 is 0 Å². The van der Waals surface area contributed by atoms with E-state index in [0.29, 0.717) is 11.3 Å². The first kappa shape index (κ1) is 13.2. The van der Waals surface area contributed by atoms with Crippen LogP contribution in [0.2, 0.25) is 0 Å². The van der Waals surface area contributed by atoms with Crippen molar-refractivity contribution in [2.75, 3.05) is 6.54 Å². The van der Waals surface area contributed by atoms with E-state index in [0.717, 1.165) is 19.6 Å². The lowest BCUT2D eigenvalue weighted by Gasteiger charge is -2.29. The van der Waals surface area contributed by atoms with E-state index in [2.05, 4.69) is 51.2 Å². The first-order chi connectivity index (χ1) is 7.45. The highest BCUT2D eigenvalue weighted by molar-refractivity contribution is 5.03. The summed E-state index contributed by atoms with van der Waals surface area (Å²) in [6.45, 7) is 14.2. The molecule has 0 unspecified atom stereocenters. The number of aromatic nitrogens is 2. The van der Waals surface area contributed by atoms with Crippen molar-refractivity contribution >= 4 is 0 Å². The lowest BCUT2D eigenvalue weighted by atomic mass is 9.81. The molecule has 16 heavy (non-hydrogen) atoms. The molecule has 1 aromatic rings. The van der Waals surface area contributed by atoms with Crippen molar-refractivity contribution < 1.29 is 0 Å². The van der Waals surface area contributed by atoms with Crippen LogP contribution in [0.4, 0.5) is 0 Å². The van der Waals surface area contributed by atoms with Gasteiger partial charge in [0.2, 0.25) is 0 Å². The van der Waals surface area contributed by atoms with Crippen LogP contribution in [0.15, 0.2) is 12.4 Å². The molecule has 0 aromatic carbocycles. The van der Waals surface area contributed by atoms with E-state index < -0.39 is 0 Å². The second kappa shape index (κ2) is 5.48. The fourth-order valence-electron chi connectivity index (χ4n) is 1.40. The van der Waals surface area contributed by atoms with E-state index in [1.807, 2.05) is 10.9 Å². The van der Waals surface area contributed by atoms with E-state index in [-0.39, 0.29) is 0 Å². The summed E-state index contributed by atoms with van der Waals surface area (Å²) in [5.74, 6) is 0.693. The largest absolute Gasteiger partial charge is 0.312 e. The van der Waals surface area contributed by atoms with E-state index in [1.54, 1.807) is 0 Å². The van der Waals surface area contributed by atoms with Crippen LogP contribution in [0.3, 0.4) is 0 Å². The van der Waals surface area contributed by atoms with Crippen molar-refractivity contribution in [3.05, 3.63) is 18.0 Å². The highest BCUT2D eigenvalue weighted by Crippen LogP contribution is 2.24. The first-order valence-electron chi connectivity index (χ1n) is 6.17. The van der Waals surface area contributed by atoms with Gasteiger partial charge in [-0.2, -0.15) is 5.10 Å². The maximum Gasteiger partial charge on any atom is 0.0534 e. The molecule has 0 spiro atoms. The van der Waals surface area contributed by atoms with Gasteiger partial charge in [0.1, 0.15) is 0 Å². The van der Waals surface area contributed by atoms with Crippen LogP contribution < -0.4 is 5.32 Å². The van der Waals surface area contributed by atoms with E-state index in [4.69, 9.17) is 0 Å². The van der Waals surface area contributed by atoms with Crippen LogP contribution in [0.1, 0.15) is 40.2 Å². The van der Waals surface area contributed by atoms with E-state index in [1.165, 1.54) is 5.56 Å². The Balaban J connectivity index is 2.35. The summed E-state index contributed by atoms with van der Waals surface area (Å²) in [7, 11) is 0. The smallest absolute Gasteiger partial charge is 0.0534 e. The van der Waals surface area contributed by atoms with Crippen LogP contribution in [0.5, 0.6) is 0 Å². The second-order valence-electron chi connectivity index (χ2n) is 5.45. The van der Waals surface area contributed by atoms with Crippen molar-refractivity contribution in [1.82, 2.24) is 15.1 Å². The first-order valence-corrected chi connectivity index (χ1v) is 6.17. The predicted octanol–water partition coefficient (Wildman–Crippen LogP) is 2.67. The Labute approximate surface area is 99.2 Å². The van der Waals surface area contributed by atoms with Crippen molar-refractivity contribution in [3.8, 4) is 0 Å². The molecule has 1 aromatic heterocycles. The normalized spacial score (nSPS) is 12.4. The summed E-state index contributed by atoms with van der Waals surface area (Å²) in [5.41, 5.74) is 1.61. The lowest BCUT2D eigenvalue weighted by Crippen LogP contribution is -2.33. The molecule has 0 radical (unpaired) electrons. The van der Waals surface area contributed by atoms with Gasteiger partial charge in [-0.3, -0.25) is 4.68 Å². The SMILES string of the molecule is CCn1cc(CNCC(C)(C)C(C)C)cn1. The molecule has 0 amide bonds. The molecular formula is C13H25N3. The minimum atomic E-state index is 0.348. The number of nitrogens with one attached hydrogen (secondary N) is 1. The number of hydrogen-bond acceptors (Lipinski definition) is 2. The molecule has 0 saturated carbocycles. The van der Waals surface area contributed by atoms with Gasteiger partial charge in [-0.05, 0) is 18.3 Å². The average molecular weight is 223 g/mol. The molecule has 1 rings (SSSR count). The number of aryl methyl sites for hydroxylation is 1. The third-order valence-corrected chi connectivity index (χ3v) is 3.48. The van der Waals surface area contributed by atoms with Crippen molar-refractivity contribution in [2.45, 2.75) is 47.7 Å². The standard InChI is InChI=1S/C13H25N3/c1-6-16-9-12(8-15-16)7-14-10-13(4,5)11(2)3/h8-9,11,14H,6-7,10H2,1-5H3. The fourth-order valence-corrected chi connectivity index (χ4v) is 1.40. The quantitative estimate of drug-likeness (QED) is 0.803. The molecule has 92 valence electrons. The summed E-state index contributed by atoms with van der Waals surface area (Å²) in [6.07, 6.45) is 4.05. The molecule has 0 atom stereocenters. The topological polar surface area (TPSA) is 29.9 Å². The number of rotatable bonds is 6. The van der Waals surface area contributed by atoms with Gasteiger partial charge in [0.15, 0.2) is 0 Å². The van der Waals surface area contributed by atoms with Gasteiger partial charge >= 0.3 is 0 Å². The van der Waals surface area contributed by atoms with Crippen molar-refractivity contribution in [3.63, 3.8) is 0 Å². The molecule has 3 nitrogen and oxygen atoms in total. The molecule has 0 fully saturated rings. The summed E-state index contributed by atoms with van der Waals surface area (Å²) in [4.78, 5) is 0. The maximum atomic E-state index is 4.26. The van der Waals surface area contributed by atoms with Gasteiger partial charge in [-0.25, -0.2) is 0 Å². The van der Waals surface area contributed by atoms with Crippen LogP contribution in [-0.2, 0) is 13.1 Å². The number of hydrogen-bond donors (Lipinski definition) is 1. The third kappa shape index (κ3) is 3.63. The zero-order chi connectivity index (χ0) is 12.2. The summed E-state index contributed by atoms with van der Waals surface area (Å²) >= 11 is 0. The Morgan fingerprint density at radius 1 is 1.44 bits per heavy atom. The monoisotopic (exact) mass is 223 g/mol. The van der Waals surface area contributed by atoms with Gasteiger partial charge in [-0.1, -0.05) is 27.7 Å². The molecule has 1 heterocycles. The Bertz CT molecular complexity index is 313. The number of nitrogens with zero attached hydrogens (tertiary/aromatic N) is 2. The van der Waals surface area contributed by atoms with Gasteiger partial charge in [0, 0.05) is 31.4 Å². The molecule has 0 saturated heterocycles. The predicted molar refractivity (Wildman–Crippen MR) is 68.2 cm³/mol. The van der Waals surface area contributed by atoms with Crippen molar-refractivity contribution in [2.24, 2.45) is 11.3 Å². The van der Waals surface area contributed by atoms with Crippen LogP contribution in [-0.4, -0.2) is 16.3 Å². The lowest BCUT2D eigenvalue weighted by molar-refractivity contribution is 0.238. The molecule has 3 heteroatoms. The summed E-state index contributed by atoms with van der Waals surface area (Å²) in [6, 6.07) is 0. The van der Waals surface area contributed by atoms with Crippen LogP contribution in [0.25, 0.3) is 0 Å². The average Bonchev–Trinajstić information content (AvgIpc) is 2.65. The van der Waals surface area contributed by atoms with Crippen LogP contribution in [0, 0.1) is 11.3 Å².